The van der Waals surface area contributed by atoms with Gasteiger partial charge in [-0.25, -0.2) is 4.98 Å². The van der Waals surface area contributed by atoms with Crippen LogP contribution in [-0.4, -0.2) is 30.5 Å². The van der Waals surface area contributed by atoms with Gasteiger partial charge in [-0.1, -0.05) is 19.3 Å². The number of nitrogens with zero attached hydrogens (tertiary/aromatic N) is 2. The lowest BCUT2D eigenvalue weighted by atomic mass is 9.87. The molecule has 2 heterocycles. The van der Waals surface area contributed by atoms with E-state index >= 15 is 0 Å². The molecule has 1 saturated heterocycles. The summed E-state index contributed by atoms with van der Waals surface area (Å²) in [6, 6.07) is 0. The topological polar surface area (TPSA) is 45.2 Å². The van der Waals surface area contributed by atoms with Gasteiger partial charge < -0.3 is 10.2 Å². The van der Waals surface area contributed by atoms with Crippen molar-refractivity contribution in [1.29, 1.82) is 0 Å². The molecule has 2 fully saturated rings. The third-order valence-electron chi connectivity index (χ3n) is 5.00. The molecule has 2 aliphatic rings. The fraction of sp³-hybridized carbons (Fsp3) is 0.765. The molecule has 1 aromatic rings. The van der Waals surface area contributed by atoms with Crippen molar-refractivity contribution < 1.29 is 4.79 Å². The first-order valence-electron chi connectivity index (χ1n) is 8.72. The minimum absolute atomic E-state index is 0.262. The molecule has 1 N–H and O–H groups in total. The van der Waals surface area contributed by atoms with E-state index in [-0.39, 0.29) is 5.91 Å². The number of amides is 1. The second-order valence-electron chi connectivity index (χ2n) is 6.78. The molecule has 1 aliphatic carbocycles. The van der Waals surface area contributed by atoms with Crippen molar-refractivity contribution >= 4 is 22.4 Å². The molecule has 5 heteroatoms. The number of rotatable bonds is 5. The summed E-state index contributed by atoms with van der Waals surface area (Å²) in [6.45, 7) is 2.95. The zero-order valence-electron chi connectivity index (χ0n) is 13.3. The van der Waals surface area contributed by atoms with Crippen LogP contribution in [0.25, 0.3) is 0 Å². The number of thiazole rings is 1. The lowest BCUT2D eigenvalue weighted by molar-refractivity contribution is -0.122. The highest BCUT2D eigenvalue weighted by Crippen LogP contribution is 2.27. The van der Waals surface area contributed by atoms with Crippen molar-refractivity contribution in [2.75, 3.05) is 24.5 Å². The fourth-order valence-corrected chi connectivity index (χ4v) is 4.44. The maximum absolute atomic E-state index is 12.1. The van der Waals surface area contributed by atoms with Crippen molar-refractivity contribution in [3.63, 3.8) is 0 Å². The number of aromatic nitrogens is 1. The van der Waals surface area contributed by atoms with Crippen LogP contribution in [0.3, 0.4) is 0 Å². The predicted molar refractivity (Wildman–Crippen MR) is 91.3 cm³/mol. The van der Waals surface area contributed by atoms with Crippen molar-refractivity contribution in [2.45, 2.75) is 51.4 Å². The van der Waals surface area contributed by atoms with Gasteiger partial charge in [0.1, 0.15) is 0 Å². The van der Waals surface area contributed by atoms with Crippen LogP contribution in [0.2, 0.25) is 0 Å². The number of carbonyl (C=O) groups excluding carboxylic acids is 1. The SMILES string of the molecule is O=C(CC1CCCCC1)NCC1CCCN(c2nccs2)C1. The molecule has 0 spiro atoms. The van der Waals surface area contributed by atoms with E-state index in [1.807, 2.05) is 11.6 Å². The van der Waals surface area contributed by atoms with Gasteiger partial charge in [-0.05, 0) is 37.5 Å². The van der Waals surface area contributed by atoms with E-state index in [1.54, 1.807) is 11.3 Å². The van der Waals surface area contributed by atoms with Crippen LogP contribution in [0.5, 0.6) is 0 Å². The molecule has 1 saturated carbocycles. The van der Waals surface area contributed by atoms with E-state index in [0.717, 1.165) is 31.2 Å². The lowest BCUT2D eigenvalue weighted by Gasteiger charge is -2.32. The standard InChI is InChI=1S/C17H27N3OS/c21-16(11-14-5-2-1-3-6-14)19-12-15-7-4-9-20(13-15)17-18-8-10-22-17/h8,10,14-15H,1-7,9,11-13H2,(H,19,21). The third kappa shape index (κ3) is 4.45. The molecule has 22 heavy (non-hydrogen) atoms. The van der Waals surface area contributed by atoms with E-state index in [4.69, 9.17) is 0 Å². The molecule has 1 unspecified atom stereocenters. The smallest absolute Gasteiger partial charge is 0.220 e. The summed E-state index contributed by atoms with van der Waals surface area (Å²) in [5.74, 6) is 1.46. The Hall–Kier alpha value is -1.10. The summed E-state index contributed by atoms with van der Waals surface area (Å²) in [5, 5.41) is 6.34. The lowest BCUT2D eigenvalue weighted by Crippen LogP contribution is -2.41. The van der Waals surface area contributed by atoms with Crippen LogP contribution in [-0.2, 0) is 4.79 Å². The first-order valence-corrected chi connectivity index (χ1v) is 9.60. The molecular weight excluding hydrogens is 294 g/mol. The van der Waals surface area contributed by atoms with E-state index in [0.29, 0.717) is 11.8 Å². The van der Waals surface area contributed by atoms with Crippen molar-refractivity contribution in [3.8, 4) is 0 Å². The monoisotopic (exact) mass is 321 g/mol. The molecule has 0 radical (unpaired) electrons. The van der Waals surface area contributed by atoms with Gasteiger partial charge in [0.25, 0.3) is 0 Å². The Morgan fingerprint density at radius 3 is 2.82 bits per heavy atom. The molecule has 1 amide bonds. The number of nitrogens with one attached hydrogen (secondary N) is 1. The van der Waals surface area contributed by atoms with Crippen LogP contribution in [0.15, 0.2) is 11.6 Å². The average molecular weight is 321 g/mol. The summed E-state index contributed by atoms with van der Waals surface area (Å²) in [6.07, 6.45) is 11.5. The van der Waals surface area contributed by atoms with Crippen LogP contribution in [0, 0.1) is 11.8 Å². The molecule has 122 valence electrons. The maximum Gasteiger partial charge on any atom is 0.220 e. The largest absolute Gasteiger partial charge is 0.356 e. The Kier molecular flexibility index (Phi) is 5.70. The maximum atomic E-state index is 12.1. The van der Waals surface area contributed by atoms with Gasteiger partial charge in [0.05, 0.1) is 0 Å². The van der Waals surface area contributed by atoms with Gasteiger partial charge in [0.2, 0.25) is 5.91 Å². The predicted octanol–water partition coefficient (Wildman–Crippen LogP) is 3.45. The average Bonchev–Trinajstić information content (AvgIpc) is 3.09. The van der Waals surface area contributed by atoms with Gasteiger partial charge in [-0.2, -0.15) is 0 Å². The molecule has 1 aromatic heterocycles. The van der Waals surface area contributed by atoms with E-state index < -0.39 is 0 Å². The second kappa shape index (κ2) is 7.95. The molecule has 4 nitrogen and oxygen atoms in total. The third-order valence-corrected chi connectivity index (χ3v) is 5.83. The highest BCUT2D eigenvalue weighted by Gasteiger charge is 2.23. The van der Waals surface area contributed by atoms with Crippen LogP contribution >= 0.6 is 11.3 Å². The van der Waals surface area contributed by atoms with Crippen molar-refractivity contribution in [3.05, 3.63) is 11.6 Å². The molecule has 3 rings (SSSR count). The summed E-state index contributed by atoms with van der Waals surface area (Å²) in [5.41, 5.74) is 0. The van der Waals surface area contributed by atoms with Gasteiger partial charge in [0, 0.05) is 37.6 Å². The first kappa shape index (κ1) is 15.8. The number of piperidine rings is 1. The molecule has 1 atom stereocenters. The fourth-order valence-electron chi connectivity index (χ4n) is 3.76. The van der Waals surface area contributed by atoms with Gasteiger partial charge in [-0.3, -0.25) is 4.79 Å². The molecule has 0 aromatic carbocycles. The number of anilines is 1. The summed E-state index contributed by atoms with van der Waals surface area (Å²) >= 11 is 1.71. The van der Waals surface area contributed by atoms with Crippen LogP contribution < -0.4 is 10.2 Å². The zero-order chi connectivity index (χ0) is 15.2. The first-order chi connectivity index (χ1) is 10.8. The normalized spacial score (nSPS) is 23.5. The van der Waals surface area contributed by atoms with Crippen molar-refractivity contribution in [1.82, 2.24) is 10.3 Å². The Labute approximate surface area is 137 Å². The van der Waals surface area contributed by atoms with Gasteiger partial charge >= 0.3 is 0 Å². The zero-order valence-corrected chi connectivity index (χ0v) is 14.1. The van der Waals surface area contributed by atoms with Crippen LogP contribution in [0.1, 0.15) is 51.4 Å². The van der Waals surface area contributed by atoms with Crippen molar-refractivity contribution in [2.24, 2.45) is 11.8 Å². The molecule has 1 aliphatic heterocycles. The minimum atomic E-state index is 0.262. The highest BCUT2D eigenvalue weighted by atomic mass is 32.1. The summed E-state index contributed by atoms with van der Waals surface area (Å²) < 4.78 is 0. The Morgan fingerprint density at radius 2 is 2.05 bits per heavy atom. The van der Waals surface area contributed by atoms with Gasteiger partial charge in [-0.15, -0.1) is 11.3 Å². The number of hydrogen-bond donors (Lipinski definition) is 1. The second-order valence-corrected chi connectivity index (χ2v) is 7.65. The Morgan fingerprint density at radius 1 is 1.23 bits per heavy atom. The summed E-state index contributed by atoms with van der Waals surface area (Å²) in [4.78, 5) is 18.9. The van der Waals surface area contributed by atoms with Gasteiger partial charge in [0.15, 0.2) is 5.13 Å². The Balaban J connectivity index is 1.40. The van der Waals surface area contributed by atoms with E-state index in [1.165, 1.54) is 44.9 Å². The van der Waals surface area contributed by atoms with Crippen LogP contribution in [0.4, 0.5) is 5.13 Å². The highest BCUT2D eigenvalue weighted by molar-refractivity contribution is 7.13. The quantitative estimate of drug-likeness (QED) is 0.903. The Bertz CT molecular complexity index is 456. The molecular formula is C17H27N3OS. The van der Waals surface area contributed by atoms with E-state index in [9.17, 15) is 4.79 Å². The number of hydrogen-bond acceptors (Lipinski definition) is 4. The number of carbonyl (C=O) groups is 1. The summed E-state index contributed by atoms with van der Waals surface area (Å²) in [7, 11) is 0. The van der Waals surface area contributed by atoms with E-state index in [2.05, 4.69) is 15.2 Å². The molecule has 0 bridgehead atoms. The minimum Gasteiger partial charge on any atom is -0.356 e.